The molecule has 5 aromatic rings. The van der Waals surface area contributed by atoms with Gasteiger partial charge in [-0.2, -0.15) is 10.1 Å². The van der Waals surface area contributed by atoms with Crippen LogP contribution in [-0.2, 0) is 23.7 Å². The Morgan fingerprint density at radius 2 is 1.79 bits per heavy atom. The summed E-state index contributed by atoms with van der Waals surface area (Å²) < 4.78 is 70.8. The predicted molar refractivity (Wildman–Crippen MR) is 230 cm³/mol. The molecule has 2 aromatic carbocycles. The Morgan fingerprint density at radius 1 is 1.00 bits per heavy atom. The number of halogens is 5. The van der Waals surface area contributed by atoms with Gasteiger partial charge in [-0.1, -0.05) is 23.7 Å². The first-order valence-corrected chi connectivity index (χ1v) is 22.0. The Hall–Kier alpha value is -5.49. The van der Waals surface area contributed by atoms with Crippen LogP contribution in [0.25, 0.3) is 21.8 Å². The minimum atomic E-state index is -3.17. The first-order valence-electron chi connectivity index (χ1n) is 21.6. The maximum Gasteiger partial charge on any atom is 0.301 e. The Bertz CT molecular complexity index is 2720. The zero-order valence-electron chi connectivity index (χ0n) is 34.8. The summed E-state index contributed by atoms with van der Waals surface area (Å²) in [6.45, 7) is 1.69. The van der Waals surface area contributed by atoms with E-state index in [-0.39, 0.29) is 64.7 Å². The lowest BCUT2D eigenvalue weighted by atomic mass is 9.86. The van der Waals surface area contributed by atoms with Crippen LogP contribution in [0.4, 0.5) is 40.7 Å². The van der Waals surface area contributed by atoms with Gasteiger partial charge in [-0.15, -0.1) is 0 Å². The van der Waals surface area contributed by atoms with E-state index >= 15 is 17.6 Å². The summed E-state index contributed by atoms with van der Waals surface area (Å²) in [4.78, 5) is 50.7. The van der Waals surface area contributed by atoms with E-state index in [0.29, 0.717) is 109 Å². The molecule has 4 fully saturated rings. The van der Waals surface area contributed by atoms with Crippen molar-refractivity contribution >= 4 is 68.4 Å². The number of carbonyl (C=O) groups is 2. The normalized spacial score (nSPS) is 24.5. The fourth-order valence-electron chi connectivity index (χ4n) is 10.0. The highest BCUT2D eigenvalue weighted by Crippen LogP contribution is 2.46. The topological polar surface area (TPSA) is 152 Å². The molecule has 14 nitrogen and oxygen atoms in total. The van der Waals surface area contributed by atoms with Crippen LogP contribution in [0.2, 0.25) is 5.02 Å². The molecule has 1 saturated carbocycles. The van der Waals surface area contributed by atoms with Crippen LogP contribution >= 0.6 is 11.6 Å². The standard InChI is InChI=1S/C44H47ClF4N10O4/c1-56-32-9-5-25(17-29(32)36-38(42(56)62)63-21-44(48,49)39(53-36)23-3-4-23)51-40-30(45)18-50-43(54-40)59-16-13-24(31(46)20-59)19-58-14-11-22(12-15-58)26-6-7-27-35(55-57(2)37(27)34(26)47)28-8-10-33(60)52-41(28)61/h5-7,9,17-18,22-24,28,31,39,53H,3-4,8,10-16,19-21H2,1-2H3,(H,50,51,54)(H,52,60,61)/t24?,28?,31-,39-/m0/s1. The van der Waals surface area contributed by atoms with Crippen molar-refractivity contribution in [1.82, 2.24) is 34.5 Å². The highest BCUT2D eigenvalue weighted by atomic mass is 35.5. The number of likely N-dealkylation sites (tertiary alicyclic amines) is 1. The fourth-order valence-corrected chi connectivity index (χ4v) is 10.2. The number of hydrogen-bond donors (Lipinski definition) is 3. The molecule has 4 aliphatic heterocycles. The number of aromatic nitrogens is 5. The van der Waals surface area contributed by atoms with E-state index in [1.165, 1.54) is 15.4 Å². The summed E-state index contributed by atoms with van der Waals surface area (Å²) in [5.41, 5.74) is 2.19. The Labute approximate surface area is 364 Å². The Balaban J connectivity index is 0.784. The van der Waals surface area contributed by atoms with E-state index in [0.717, 1.165) is 0 Å². The van der Waals surface area contributed by atoms with E-state index in [2.05, 4.69) is 35.9 Å². The van der Waals surface area contributed by atoms with E-state index in [4.69, 9.17) is 16.3 Å². The van der Waals surface area contributed by atoms with Crippen molar-refractivity contribution in [2.45, 2.75) is 74.9 Å². The van der Waals surface area contributed by atoms with Gasteiger partial charge in [0.05, 0.1) is 41.6 Å². The molecule has 5 aliphatic rings. The van der Waals surface area contributed by atoms with Crippen LogP contribution in [0.5, 0.6) is 5.75 Å². The van der Waals surface area contributed by atoms with Gasteiger partial charge in [0.1, 0.15) is 16.7 Å². The molecule has 0 radical (unpaired) electrons. The SMILES string of the molecule is Cn1nc(C2CCC(=O)NC2=O)c2ccc(C3CCN(CC4CCN(c5ncc(Cl)c(Nc6ccc7c(c6)c6c(c(=O)n7C)OCC(F)(F)[C@H](C7CC7)N6)n5)C[C@@H]4F)CC3)c(F)c21. The summed E-state index contributed by atoms with van der Waals surface area (Å²) in [5, 5.41) is 14.4. The highest BCUT2D eigenvalue weighted by molar-refractivity contribution is 6.33. The summed E-state index contributed by atoms with van der Waals surface area (Å²) in [6, 6.07) is 7.65. The predicted octanol–water partition coefficient (Wildman–Crippen LogP) is 6.53. The van der Waals surface area contributed by atoms with Gasteiger partial charge >= 0.3 is 5.92 Å². The van der Waals surface area contributed by atoms with Crippen molar-refractivity contribution in [3.8, 4) is 5.75 Å². The molecule has 332 valence electrons. The van der Waals surface area contributed by atoms with Crippen LogP contribution in [0.1, 0.15) is 68.0 Å². The molecule has 4 atom stereocenters. The number of hydrogen-bond acceptors (Lipinski definition) is 11. The van der Waals surface area contributed by atoms with Gasteiger partial charge in [-0.3, -0.25) is 24.4 Å². The quantitative estimate of drug-likeness (QED) is 0.115. The molecule has 63 heavy (non-hydrogen) atoms. The lowest BCUT2D eigenvalue weighted by molar-refractivity contribution is -0.134. The van der Waals surface area contributed by atoms with E-state index in [9.17, 15) is 14.4 Å². The Morgan fingerprint density at radius 3 is 2.54 bits per heavy atom. The number of piperidine rings is 3. The summed E-state index contributed by atoms with van der Waals surface area (Å²) in [7, 11) is 3.23. The van der Waals surface area contributed by atoms with Crippen molar-refractivity contribution in [2.24, 2.45) is 25.9 Å². The van der Waals surface area contributed by atoms with Gasteiger partial charge in [0.2, 0.25) is 23.5 Å². The van der Waals surface area contributed by atoms with Crippen molar-refractivity contribution in [2.75, 3.05) is 54.9 Å². The number of alkyl halides is 3. The molecule has 3 aromatic heterocycles. The number of rotatable bonds is 8. The minimum absolute atomic E-state index is 0.0240. The fraction of sp³-hybridized carbons (Fsp3) is 0.500. The second-order valence-electron chi connectivity index (χ2n) is 17.8. The van der Waals surface area contributed by atoms with E-state index in [1.54, 1.807) is 43.3 Å². The molecule has 0 spiro atoms. The molecule has 3 saturated heterocycles. The molecular weight excluding hydrogens is 844 g/mol. The van der Waals surface area contributed by atoms with Crippen molar-refractivity contribution < 1.29 is 31.9 Å². The second-order valence-corrected chi connectivity index (χ2v) is 18.2. The van der Waals surface area contributed by atoms with Gasteiger partial charge in [0.15, 0.2) is 18.2 Å². The maximum absolute atomic E-state index is 16.2. The molecule has 10 rings (SSSR count). The first kappa shape index (κ1) is 41.5. The molecule has 19 heteroatoms. The van der Waals surface area contributed by atoms with Gasteiger partial charge < -0.3 is 29.7 Å². The molecule has 2 unspecified atom stereocenters. The Kier molecular flexibility index (Phi) is 10.5. The summed E-state index contributed by atoms with van der Waals surface area (Å²) in [5.74, 6) is -4.88. The number of amides is 2. The number of carbonyl (C=O) groups excluding carboxylic acids is 2. The molecule has 1 aliphatic carbocycles. The van der Waals surface area contributed by atoms with Crippen LogP contribution in [0.3, 0.4) is 0 Å². The second kappa shape index (κ2) is 15.9. The highest BCUT2D eigenvalue weighted by Gasteiger charge is 2.51. The zero-order chi connectivity index (χ0) is 43.9. The maximum atomic E-state index is 16.2. The number of anilines is 4. The average molecular weight is 891 g/mol. The molecule has 2 amide bonds. The van der Waals surface area contributed by atoms with Gasteiger partial charge in [-0.05, 0) is 87.2 Å². The zero-order valence-corrected chi connectivity index (χ0v) is 35.5. The number of nitrogens with one attached hydrogen (secondary N) is 3. The average Bonchev–Trinajstić information content (AvgIpc) is 4.06. The van der Waals surface area contributed by atoms with Crippen LogP contribution in [-0.4, -0.2) is 98.5 Å². The van der Waals surface area contributed by atoms with Crippen LogP contribution in [0.15, 0.2) is 41.3 Å². The largest absolute Gasteiger partial charge is 0.480 e. The first-order chi connectivity index (χ1) is 30.2. The summed E-state index contributed by atoms with van der Waals surface area (Å²) >= 11 is 6.57. The third-order valence-corrected chi connectivity index (χ3v) is 13.9. The lowest BCUT2D eigenvalue weighted by Crippen LogP contribution is -2.47. The molecule has 3 N–H and O–H groups in total. The van der Waals surface area contributed by atoms with E-state index < -0.39 is 42.1 Å². The van der Waals surface area contributed by atoms with Crippen molar-refractivity contribution in [3.05, 3.63) is 69.0 Å². The molecule has 7 heterocycles. The summed E-state index contributed by atoms with van der Waals surface area (Å²) in [6.07, 6.45) is 4.17. The number of benzene rings is 2. The third kappa shape index (κ3) is 7.61. The van der Waals surface area contributed by atoms with Gasteiger partial charge in [-0.25, -0.2) is 22.5 Å². The monoisotopic (exact) mass is 890 g/mol. The van der Waals surface area contributed by atoms with Crippen LogP contribution < -0.4 is 31.1 Å². The third-order valence-electron chi connectivity index (χ3n) is 13.7. The number of fused-ring (bicyclic) bond motifs is 4. The number of aryl methyl sites for hydroxylation is 2. The van der Waals surface area contributed by atoms with Crippen molar-refractivity contribution in [3.63, 3.8) is 0 Å². The smallest absolute Gasteiger partial charge is 0.301 e. The number of imide groups is 1. The van der Waals surface area contributed by atoms with Crippen LogP contribution in [0, 0.1) is 17.7 Å². The molecule has 0 bridgehead atoms. The number of pyridine rings is 1. The lowest BCUT2D eigenvalue weighted by Gasteiger charge is -2.39. The van der Waals surface area contributed by atoms with Crippen molar-refractivity contribution in [1.29, 1.82) is 0 Å². The minimum Gasteiger partial charge on any atom is -0.480 e. The number of ether oxygens (including phenoxy) is 1. The van der Waals surface area contributed by atoms with Gasteiger partial charge in [0.25, 0.3) is 5.56 Å². The molecular formula is C44H47ClF4N10O4. The van der Waals surface area contributed by atoms with Gasteiger partial charge in [0, 0.05) is 56.0 Å². The van der Waals surface area contributed by atoms with E-state index in [1.807, 2.05) is 6.07 Å². The number of nitrogens with zero attached hydrogens (tertiary/aromatic N) is 7.